The van der Waals surface area contributed by atoms with E-state index in [1.807, 2.05) is 0 Å². The molecule has 0 spiro atoms. The zero-order valence-electron chi connectivity index (χ0n) is 9.73. The topological polar surface area (TPSA) is 41.5 Å². The Hall–Kier alpha value is -0.970. The number of hydrogen-bond donors (Lipinski definition) is 2. The van der Waals surface area contributed by atoms with Gasteiger partial charge in [-0.15, -0.1) is 0 Å². The molecule has 1 fully saturated rings. The zero-order valence-corrected chi connectivity index (χ0v) is 9.73. The molecule has 4 heteroatoms. The number of ether oxygens (including phenoxy) is 1. The van der Waals surface area contributed by atoms with Gasteiger partial charge in [-0.1, -0.05) is 18.2 Å². The molecule has 1 saturated heterocycles. The Morgan fingerprint density at radius 2 is 2.06 bits per heavy atom. The third kappa shape index (κ3) is 3.49. The summed E-state index contributed by atoms with van der Waals surface area (Å²) in [6.45, 7) is 1.90. The number of nitrogens with one attached hydrogen (secondary N) is 1. The minimum Gasteiger partial charge on any atom is -0.387 e. The van der Waals surface area contributed by atoms with E-state index in [9.17, 15) is 9.50 Å². The number of hydrogen-bond acceptors (Lipinski definition) is 3. The van der Waals surface area contributed by atoms with Gasteiger partial charge in [0.2, 0.25) is 0 Å². The first-order valence-corrected chi connectivity index (χ1v) is 6.01. The Bertz CT molecular complexity index is 353. The Balaban J connectivity index is 1.84. The van der Waals surface area contributed by atoms with E-state index in [0.717, 1.165) is 26.1 Å². The third-order valence-corrected chi connectivity index (χ3v) is 3.09. The summed E-state index contributed by atoms with van der Waals surface area (Å²) in [5.74, 6) is -0.353. The zero-order chi connectivity index (χ0) is 12.1. The fourth-order valence-electron chi connectivity index (χ4n) is 2.04. The summed E-state index contributed by atoms with van der Waals surface area (Å²) in [6, 6.07) is 6.71. The van der Waals surface area contributed by atoms with Crippen LogP contribution >= 0.6 is 0 Å². The van der Waals surface area contributed by atoms with Gasteiger partial charge in [-0.25, -0.2) is 4.39 Å². The lowest BCUT2D eigenvalue weighted by molar-refractivity contribution is 0.0721. The van der Waals surface area contributed by atoms with Gasteiger partial charge in [-0.3, -0.25) is 0 Å². The fourth-order valence-corrected chi connectivity index (χ4v) is 2.04. The highest BCUT2D eigenvalue weighted by atomic mass is 19.1. The standard InChI is InChI=1S/C13H18FNO2/c14-12-4-2-1-3-11(12)13(16)9-15-10-5-7-17-8-6-10/h1-4,10,13,15-16H,5-9H2/t13-/m1/s1. The highest BCUT2D eigenvalue weighted by Crippen LogP contribution is 2.16. The van der Waals surface area contributed by atoms with E-state index in [-0.39, 0.29) is 5.82 Å². The van der Waals surface area contributed by atoms with Crippen molar-refractivity contribution in [1.29, 1.82) is 0 Å². The minimum absolute atomic E-state index is 0.353. The van der Waals surface area contributed by atoms with Crippen molar-refractivity contribution in [2.45, 2.75) is 25.0 Å². The summed E-state index contributed by atoms with van der Waals surface area (Å²) in [4.78, 5) is 0. The maximum Gasteiger partial charge on any atom is 0.129 e. The van der Waals surface area contributed by atoms with Crippen LogP contribution in [-0.2, 0) is 4.74 Å². The summed E-state index contributed by atoms with van der Waals surface area (Å²) in [7, 11) is 0. The largest absolute Gasteiger partial charge is 0.387 e. The number of benzene rings is 1. The molecule has 1 atom stereocenters. The van der Waals surface area contributed by atoms with Crippen LogP contribution in [0, 0.1) is 5.82 Å². The van der Waals surface area contributed by atoms with Crippen LogP contribution in [0.4, 0.5) is 4.39 Å². The van der Waals surface area contributed by atoms with Crippen LogP contribution in [0.2, 0.25) is 0 Å². The first-order valence-electron chi connectivity index (χ1n) is 6.01. The summed E-state index contributed by atoms with van der Waals surface area (Å²) < 4.78 is 18.6. The lowest BCUT2D eigenvalue weighted by Gasteiger charge is -2.24. The van der Waals surface area contributed by atoms with Crippen LogP contribution in [-0.4, -0.2) is 30.9 Å². The van der Waals surface area contributed by atoms with E-state index in [0.29, 0.717) is 18.2 Å². The summed E-state index contributed by atoms with van der Waals surface area (Å²) >= 11 is 0. The molecule has 0 aromatic heterocycles. The van der Waals surface area contributed by atoms with Crippen LogP contribution < -0.4 is 5.32 Å². The number of halogens is 1. The molecule has 2 rings (SSSR count). The van der Waals surface area contributed by atoms with Crippen LogP contribution in [0.25, 0.3) is 0 Å². The average molecular weight is 239 g/mol. The monoisotopic (exact) mass is 239 g/mol. The molecule has 0 radical (unpaired) electrons. The van der Waals surface area contributed by atoms with Crippen molar-refractivity contribution in [2.24, 2.45) is 0 Å². The second kappa shape index (κ2) is 6.10. The molecule has 2 N–H and O–H groups in total. The molecule has 1 aromatic rings. The average Bonchev–Trinajstić information content (AvgIpc) is 2.38. The maximum absolute atomic E-state index is 13.4. The predicted molar refractivity (Wildman–Crippen MR) is 63.2 cm³/mol. The van der Waals surface area contributed by atoms with Gasteiger partial charge < -0.3 is 15.2 Å². The van der Waals surface area contributed by atoms with Crippen molar-refractivity contribution in [3.8, 4) is 0 Å². The van der Waals surface area contributed by atoms with Crippen LogP contribution in [0.5, 0.6) is 0 Å². The van der Waals surface area contributed by atoms with Crippen LogP contribution in [0.15, 0.2) is 24.3 Å². The van der Waals surface area contributed by atoms with Gasteiger partial charge >= 0.3 is 0 Å². The van der Waals surface area contributed by atoms with Gasteiger partial charge in [-0.2, -0.15) is 0 Å². The van der Waals surface area contributed by atoms with Crippen molar-refractivity contribution in [3.63, 3.8) is 0 Å². The molecule has 0 unspecified atom stereocenters. The molecule has 1 aromatic carbocycles. The van der Waals surface area contributed by atoms with Crippen LogP contribution in [0.1, 0.15) is 24.5 Å². The van der Waals surface area contributed by atoms with Crippen molar-refractivity contribution in [2.75, 3.05) is 19.8 Å². The Labute approximate surface area is 101 Å². The highest BCUT2D eigenvalue weighted by molar-refractivity contribution is 5.19. The lowest BCUT2D eigenvalue weighted by atomic mass is 10.1. The fraction of sp³-hybridized carbons (Fsp3) is 0.538. The molecular weight excluding hydrogens is 221 g/mol. The molecule has 94 valence electrons. The number of rotatable bonds is 4. The molecule has 1 heterocycles. The summed E-state index contributed by atoms with van der Waals surface area (Å²) in [6.07, 6.45) is 1.10. The van der Waals surface area contributed by atoms with Gasteiger partial charge in [-0.05, 0) is 18.9 Å². The molecule has 3 nitrogen and oxygen atoms in total. The van der Waals surface area contributed by atoms with E-state index in [2.05, 4.69) is 5.32 Å². The summed E-state index contributed by atoms with van der Waals surface area (Å²) in [5, 5.41) is 13.1. The Kier molecular flexibility index (Phi) is 4.48. The smallest absolute Gasteiger partial charge is 0.129 e. The van der Waals surface area contributed by atoms with E-state index in [1.165, 1.54) is 6.07 Å². The quantitative estimate of drug-likeness (QED) is 0.839. The molecule has 17 heavy (non-hydrogen) atoms. The molecule has 0 bridgehead atoms. The van der Waals surface area contributed by atoms with Crippen molar-refractivity contribution in [3.05, 3.63) is 35.6 Å². The molecule has 0 aliphatic carbocycles. The predicted octanol–water partition coefficient (Wildman–Crippen LogP) is 1.63. The van der Waals surface area contributed by atoms with Crippen LogP contribution in [0.3, 0.4) is 0 Å². The Morgan fingerprint density at radius 1 is 1.35 bits per heavy atom. The second-order valence-corrected chi connectivity index (χ2v) is 4.33. The first-order chi connectivity index (χ1) is 8.27. The highest BCUT2D eigenvalue weighted by Gasteiger charge is 2.16. The van der Waals surface area contributed by atoms with E-state index in [1.54, 1.807) is 18.2 Å². The maximum atomic E-state index is 13.4. The van der Waals surface area contributed by atoms with E-state index < -0.39 is 6.10 Å². The summed E-state index contributed by atoms with van der Waals surface area (Å²) in [5.41, 5.74) is 0.354. The van der Waals surface area contributed by atoms with Crippen molar-refractivity contribution < 1.29 is 14.2 Å². The van der Waals surface area contributed by atoms with Crippen molar-refractivity contribution >= 4 is 0 Å². The second-order valence-electron chi connectivity index (χ2n) is 4.33. The SMILES string of the molecule is O[C@H](CNC1CCOCC1)c1ccccc1F. The Morgan fingerprint density at radius 3 is 2.76 bits per heavy atom. The number of aliphatic hydroxyl groups is 1. The molecular formula is C13H18FNO2. The first kappa shape index (κ1) is 12.5. The van der Waals surface area contributed by atoms with Gasteiger partial charge in [0.25, 0.3) is 0 Å². The minimum atomic E-state index is -0.793. The lowest BCUT2D eigenvalue weighted by Crippen LogP contribution is -2.37. The van der Waals surface area contributed by atoms with Gasteiger partial charge in [0, 0.05) is 31.4 Å². The van der Waals surface area contributed by atoms with Gasteiger partial charge in [0.15, 0.2) is 0 Å². The van der Waals surface area contributed by atoms with Gasteiger partial charge in [0.1, 0.15) is 5.82 Å². The third-order valence-electron chi connectivity index (χ3n) is 3.09. The van der Waals surface area contributed by atoms with E-state index in [4.69, 9.17) is 4.74 Å². The molecule has 1 aliphatic rings. The van der Waals surface area contributed by atoms with Crippen molar-refractivity contribution in [1.82, 2.24) is 5.32 Å². The van der Waals surface area contributed by atoms with E-state index >= 15 is 0 Å². The normalized spacial score (nSPS) is 19.2. The number of aliphatic hydroxyl groups excluding tert-OH is 1. The van der Waals surface area contributed by atoms with Gasteiger partial charge in [0.05, 0.1) is 6.10 Å². The molecule has 1 aliphatic heterocycles. The molecule has 0 amide bonds. The molecule has 0 saturated carbocycles.